The van der Waals surface area contributed by atoms with Crippen molar-refractivity contribution < 1.29 is 9.72 Å². The number of nitro groups is 1. The summed E-state index contributed by atoms with van der Waals surface area (Å²) in [6, 6.07) is -0.722. The number of nitrogens with one attached hydrogen (secondary N) is 1. The maximum absolute atomic E-state index is 12.1. The maximum atomic E-state index is 12.1. The molecule has 2 unspecified atom stereocenters. The predicted octanol–water partition coefficient (Wildman–Crippen LogP) is 2.61. The summed E-state index contributed by atoms with van der Waals surface area (Å²) in [6.45, 7) is 0. The number of carbonyl (C=O) groups is 1. The zero-order chi connectivity index (χ0) is 16.5. The monoisotopic (exact) mass is 348 g/mol. The van der Waals surface area contributed by atoms with E-state index in [9.17, 15) is 14.9 Å². The van der Waals surface area contributed by atoms with Gasteiger partial charge in [-0.2, -0.15) is 0 Å². The summed E-state index contributed by atoms with van der Waals surface area (Å²) < 4.78 is 0. The van der Waals surface area contributed by atoms with Gasteiger partial charge in [-0.25, -0.2) is 0 Å². The predicted molar refractivity (Wildman–Crippen MR) is 87.3 cm³/mol. The lowest BCUT2D eigenvalue weighted by molar-refractivity contribution is -0.497. The fourth-order valence-electron chi connectivity index (χ4n) is 5.76. The van der Waals surface area contributed by atoms with E-state index in [-0.39, 0.29) is 16.2 Å². The van der Waals surface area contributed by atoms with Crippen molar-refractivity contribution in [3.8, 4) is 0 Å². The van der Waals surface area contributed by atoms with Crippen molar-refractivity contribution in [2.24, 2.45) is 23.7 Å². The summed E-state index contributed by atoms with van der Waals surface area (Å²) in [5.74, 6) is 1.72. The summed E-state index contributed by atoms with van der Waals surface area (Å²) in [7, 11) is 0. The molecule has 0 radical (unpaired) electrons. The second-order valence-electron chi connectivity index (χ2n) is 8.29. The first-order valence-electron chi connectivity index (χ1n) is 8.81. The van der Waals surface area contributed by atoms with E-state index >= 15 is 0 Å². The third-order valence-electron chi connectivity index (χ3n) is 6.51. The Labute approximate surface area is 143 Å². The molecule has 24 heavy (non-hydrogen) atoms. The van der Waals surface area contributed by atoms with Crippen molar-refractivity contribution in [2.45, 2.75) is 56.4 Å². The normalized spacial score (nSPS) is 42.1. The van der Waals surface area contributed by atoms with Gasteiger partial charge in [-0.3, -0.25) is 14.9 Å². The smallest absolute Gasteiger partial charge is 0.236 e. The summed E-state index contributed by atoms with van der Waals surface area (Å²) in [6.07, 6.45) is 8.12. The van der Waals surface area contributed by atoms with E-state index in [1.807, 2.05) is 0 Å². The van der Waals surface area contributed by atoms with Gasteiger partial charge in [0.15, 0.2) is 0 Å². The lowest BCUT2D eigenvalue weighted by atomic mass is 9.50. The summed E-state index contributed by atoms with van der Waals surface area (Å²) in [5.41, 5.74) is 0.179. The molecule has 1 N–H and O–H groups in total. The Balaban J connectivity index is 1.31. The largest absolute Gasteiger partial charge is 0.300 e. The van der Waals surface area contributed by atoms with E-state index in [0.29, 0.717) is 11.6 Å². The van der Waals surface area contributed by atoms with E-state index in [2.05, 4.69) is 15.5 Å². The standard InChI is InChI=1S/C16H20N4O3S/c21-13(11-4-12(11)20(22)23)17-15-19-18-14(24-15)16-5-8-1-9(6-16)3-10(2-8)7-16/h8-12H,1-7H2,(H,17,19,21). The molecule has 5 saturated carbocycles. The molecule has 6 rings (SSSR count). The molecule has 1 aromatic rings. The van der Waals surface area contributed by atoms with Crippen molar-refractivity contribution in [1.82, 2.24) is 10.2 Å². The van der Waals surface area contributed by atoms with E-state index in [4.69, 9.17) is 0 Å². The van der Waals surface area contributed by atoms with Crippen molar-refractivity contribution in [1.29, 1.82) is 0 Å². The van der Waals surface area contributed by atoms with Crippen molar-refractivity contribution >= 4 is 22.4 Å². The first-order chi connectivity index (χ1) is 11.5. The van der Waals surface area contributed by atoms with Crippen molar-refractivity contribution in [3.05, 3.63) is 15.1 Å². The van der Waals surface area contributed by atoms with Gasteiger partial charge in [0, 0.05) is 16.8 Å². The molecule has 7 nitrogen and oxygen atoms in total. The van der Waals surface area contributed by atoms with Gasteiger partial charge in [0.25, 0.3) is 0 Å². The van der Waals surface area contributed by atoms with Gasteiger partial charge in [-0.05, 0) is 56.3 Å². The second-order valence-corrected chi connectivity index (χ2v) is 9.27. The summed E-state index contributed by atoms with van der Waals surface area (Å²) in [5, 5.41) is 23.6. The Bertz CT molecular complexity index is 683. The number of nitrogens with zero attached hydrogens (tertiary/aromatic N) is 3. The van der Waals surface area contributed by atoms with Gasteiger partial charge in [-0.1, -0.05) is 11.3 Å². The minimum Gasteiger partial charge on any atom is -0.300 e. The number of aromatic nitrogens is 2. The van der Waals surface area contributed by atoms with Crippen LogP contribution in [-0.4, -0.2) is 27.1 Å². The number of hydrogen-bond donors (Lipinski definition) is 1. The van der Waals surface area contributed by atoms with E-state index in [1.54, 1.807) is 0 Å². The molecule has 5 aliphatic rings. The highest BCUT2D eigenvalue weighted by Crippen LogP contribution is 2.61. The molecule has 8 heteroatoms. The fourth-order valence-corrected chi connectivity index (χ4v) is 6.72. The van der Waals surface area contributed by atoms with Gasteiger partial charge in [-0.15, -0.1) is 10.2 Å². The molecule has 2 atom stereocenters. The molecule has 0 aliphatic heterocycles. The third-order valence-corrected chi connectivity index (χ3v) is 7.60. The molecular weight excluding hydrogens is 328 g/mol. The average Bonchev–Trinajstić information content (AvgIpc) is 3.19. The molecule has 1 heterocycles. The summed E-state index contributed by atoms with van der Waals surface area (Å²) in [4.78, 5) is 22.4. The van der Waals surface area contributed by atoms with Gasteiger partial charge in [0.2, 0.25) is 17.1 Å². The van der Waals surface area contributed by atoms with Crippen molar-refractivity contribution in [3.63, 3.8) is 0 Å². The number of rotatable bonds is 4. The first kappa shape index (κ1) is 14.7. The molecule has 5 fully saturated rings. The minimum atomic E-state index is -0.722. The van der Waals surface area contributed by atoms with Gasteiger partial charge >= 0.3 is 0 Å². The third kappa shape index (κ3) is 2.26. The van der Waals surface area contributed by atoms with Crippen LogP contribution >= 0.6 is 11.3 Å². The van der Waals surface area contributed by atoms with Gasteiger partial charge in [0.05, 0.1) is 0 Å². The first-order valence-corrected chi connectivity index (χ1v) is 9.62. The lowest BCUT2D eigenvalue weighted by Crippen LogP contribution is -2.48. The molecular formula is C16H20N4O3S. The highest BCUT2D eigenvalue weighted by molar-refractivity contribution is 7.15. The average molecular weight is 348 g/mol. The van der Waals surface area contributed by atoms with Crippen LogP contribution in [0.5, 0.6) is 0 Å². The van der Waals surface area contributed by atoms with Crippen LogP contribution in [0.3, 0.4) is 0 Å². The van der Waals surface area contributed by atoms with E-state index < -0.39 is 12.0 Å². The Morgan fingerprint density at radius 3 is 2.29 bits per heavy atom. The van der Waals surface area contributed by atoms with E-state index in [1.165, 1.54) is 49.9 Å². The molecule has 0 saturated heterocycles. The number of amides is 1. The quantitative estimate of drug-likeness (QED) is 0.666. The highest BCUT2D eigenvalue weighted by Gasteiger charge is 2.54. The highest BCUT2D eigenvalue weighted by atomic mass is 32.1. The Morgan fingerprint density at radius 1 is 1.12 bits per heavy atom. The molecule has 5 aliphatic carbocycles. The Hall–Kier alpha value is -1.57. The number of hydrogen-bond acceptors (Lipinski definition) is 6. The number of anilines is 1. The molecule has 1 aromatic heterocycles. The van der Waals surface area contributed by atoms with Gasteiger partial charge < -0.3 is 5.32 Å². The maximum Gasteiger partial charge on any atom is 0.236 e. The van der Waals surface area contributed by atoms with Crippen LogP contribution in [0.25, 0.3) is 0 Å². The number of carbonyl (C=O) groups excluding carboxylic acids is 1. The van der Waals surface area contributed by atoms with E-state index in [0.717, 1.165) is 22.8 Å². The molecule has 0 spiro atoms. The zero-order valence-corrected chi connectivity index (χ0v) is 14.1. The van der Waals surface area contributed by atoms with Crippen LogP contribution in [0.2, 0.25) is 0 Å². The molecule has 1 amide bonds. The van der Waals surface area contributed by atoms with Crippen LogP contribution in [-0.2, 0) is 10.2 Å². The summed E-state index contributed by atoms with van der Waals surface area (Å²) >= 11 is 1.48. The molecule has 0 aromatic carbocycles. The SMILES string of the molecule is O=C(Nc1nnc(C23CC4CC(CC(C4)C2)C3)s1)C1CC1[N+](=O)[O-]. The van der Waals surface area contributed by atoms with Crippen LogP contribution in [0.15, 0.2) is 0 Å². The minimum absolute atomic E-state index is 0.179. The van der Waals surface area contributed by atoms with Crippen LogP contribution in [0.4, 0.5) is 5.13 Å². The van der Waals surface area contributed by atoms with Crippen LogP contribution in [0, 0.1) is 33.8 Å². The topological polar surface area (TPSA) is 98.0 Å². The fraction of sp³-hybridized carbons (Fsp3) is 0.812. The van der Waals surface area contributed by atoms with Crippen LogP contribution in [0.1, 0.15) is 50.0 Å². The Morgan fingerprint density at radius 2 is 1.75 bits per heavy atom. The van der Waals surface area contributed by atoms with Crippen LogP contribution < -0.4 is 5.32 Å². The Kier molecular flexibility index (Phi) is 3.05. The molecule has 4 bridgehead atoms. The lowest BCUT2D eigenvalue weighted by Gasteiger charge is -2.55. The van der Waals surface area contributed by atoms with Gasteiger partial charge in [0.1, 0.15) is 10.9 Å². The zero-order valence-electron chi connectivity index (χ0n) is 13.3. The molecule has 128 valence electrons. The van der Waals surface area contributed by atoms with Crippen molar-refractivity contribution in [2.75, 3.05) is 5.32 Å². The second kappa shape index (κ2) is 4.97.